The van der Waals surface area contributed by atoms with E-state index in [4.69, 9.17) is 0 Å². The maximum Gasteiger partial charge on any atom is 0.0843 e. The minimum atomic E-state index is 0.527. The van der Waals surface area contributed by atoms with E-state index in [-0.39, 0.29) is 0 Å². The Morgan fingerprint density at radius 3 is 2.63 bits per heavy atom. The highest BCUT2D eigenvalue weighted by atomic mass is 79.9. The van der Waals surface area contributed by atoms with Crippen molar-refractivity contribution < 1.29 is 0 Å². The highest BCUT2D eigenvalue weighted by molar-refractivity contribution is 9.13. The number of hydrogen-bond donors (Lipinski definition) is 1. The van der Waals surface area contributed by atoms with E-state index in [0.717, 1.165) is 12.5 Å². The lowest BCUT2D eigenvalue weighted by Gasteiger charge is -2.24. The fourth-order valence-corrected chi connectivity index (χ4v) is 5.20. The van der Waals surface area contributed by atoms with Crippen molar-refractivity contribution in [1.29, 1.82) is 0 Å². The van der Waals surface area contributed by atoms with Crippen molar-refractivity contribution >= 4 is 43.2 Å². The number of rotatable bonds is 6. The Morgan fingerprint density at radius 1 is 1.32 bits per heavy atom. The predicted molar refractivity (Wildman–Crippen MR) is 91.9 cm³/mol. The molecule has 1 aromatic rings. The first-order chi connectivity index (χ1) is 9.20. The smallest absolute Gasteiger partial charge is 0.0843 e. The largest absolute Gasteiger partial charge is 0.310 e. The molecule has 0 bridgehead atoms. The minimum Gasteiger partial charge on any atom is -0.310 e. The standard InChI is InChI=1S/C15H23Br2NS/c1-2-18-13(14-10-12(16)15(17)19-14)9-8-11-6-4-3-5-7-11/h10-11,13,18H,2-9H2,1H3. The molecule has 0 saturated heterocycles. The molecule has 1 atom stereocenters. The average Bonchev–Trinajstić information content (AvgIpc) is 2.76. The van der Waals surface area contributed by atoms with E-state index in [1.165, 1.54) is 58.1 Å². The van der Waals surface area contributed by atoms with Crippen LogP contribution in [0.3, 0.4) is 0 Å². The summed E-state index contributed by atoms with van der Waals surface area (Å²) in [5.74, 6) is 0.974. The first kappa shape index (κ1) is 16.0. The summed E-state index contributed by atoms with van der Waals surface area (Å²) in [6.07, 6.45) is 9.92. The second-order valence-corrected chi connectivity index (χ2v) is 8.72. The Balaban J connectivity index is 1.91. The van der Waals surface area contributed by atoms with E-state index < -0.39 is 0 Å². The normalized spacial score (nSPS) is 18.7. The molecule has 2 rings (SSSR count). The molecule has 1 unspecified atom stereocenters. The van der Waals surface area contributed by atoms with Crippen LogP contribution in [0.15, 0.2) is 14.3 Å². The lowest BCUT2D eigenvalue weighted by atomic mass is 9.85. The third-order valence-electron chi connectivity index (χ3n) is 4.05. The predicted octanol–water partition coefficient (Wildman–Crippen LogP) is 6.28. The van der Waals surface area contributed by atoms with Gasteiger partial charge in [-0.2, -0.15) is 0 Å². The highest BCUT2D eigenvalue weighted by Gasteiger charge is 2.19. The fraction of sp³-hybridized carbons (Fsp3) is 0.733. The number of halogens is 2. The lowest BCUT2D eigenvalue weighted by molar-refractivity contribution is 0.316. The lowest BCUT2D eigenvalue weighted by Crippen LogP contribution is -2.21. The van der Waals surface area contributed by atoms with Crippen LogP contribution in [0.4, 0.5) is 0 Å². The Hall–Kier alpha value is 0.620. The summed E-state index contributed by atoms with van der Waals surface area (Å²) in [5, 5.41) is 3.65. The molecule has 1 aliphatic rings. The van der Waals surface area contributed by atoms with Crippen molar-refractivity contribution in [3.63, 3.8) is 0 Å². The number of hydrogen-bond acceptors (Lipinski definition) is 2. The van der Waals surface area contributed by atoms with Crippen LogP contribution in [-0.4, -0.2) is 6.54 Å². The summed E-state index contributed by atoms with van der Waals surface area (Å²) >= 11 is 9.06. The van der Waals surface area contributed by atoms with Crippen LogP contribution in [0.1, 0.15) is 62.8 Å². The first-order valence-corrected chi connectivity index (χ1v) is 9.79. The minimum absolute atomic E-state index is 0.527. The van der Waals surface area contributed by atoms with Gasteiger partial charge in [0.15, 0.2) is 0 Å². The second kappa shape index (κ2) is 8.16. The third-order valence-corrected chi connectivity index (χ3v) is 7.42. The molecule has 1 N–H and O–H groups in total. The number of thiophene rings is 1. The summed E-state index contributed by atoms with van der Waals surface area (Å²) in [6, 6.07) is 2.79. The molecule has 0 spiro atoms. The van der Waals surface area contributed by atoms with Gasteiger partial charge < -0.3 is 5.32 Å². The Labute approximate surface area is 137 Å². The molecule has 0 aliphatic heterocycles. The molecule has 0 amide bonds. The van der Waals surface area contributed by atoms with Gasteiger partial charge in [-0.15, -0.1) is 11.3 Å². The van der Waals surface area contributed by atoms with Gasteiger partial charge >= 0.3 is 0 Å². The van der Waals surface area contributed by atoms with Gasteiger partial charge in [-0.3, -0.25) is 0 Å². The van der Waals surface area contributed by atoms with Gasteiger partial charge in [0, 0.05) is 15.4 Å². The molecule has 0 radical (unpaired) electrons. The summed E-state index contributed by atoms with van der Waals surface area (Å²) in [7, 11) is 0. The zero-order valence-electron chi connectivity index (χ0n) is 11.6. The van der Waals surface area contributed by atoms with Gasteiger partial charge in [-0.25, -0.2) is 0 Å². The third kappa shape index (κ3) is 4.83. The molecule has 4 heteroatoms. The van der Waals surface area contributed by atoms with Gasteiger partial charge in [0.1, 0.15) is 0 Å². The Kier molecular flexibility index (Phi) is 6.87. The van der Waals surface area contributed by atoms with Crippen molar-refractivity contribution in [2.75, 3.05) is 6.54 Å². The van der Waals surface area contributed by atoms with Gasteiger partial charge in [0.05, 0.1) is 3.79 Å². The van der Waals surface area contributed by atoms with Gasteiger partial charge in [0.25, 0.3) is 0 Å². The van der Waals surface area contributed by atoms with Gasteiger partial charge in [-0.1, -0.05) is 39.0 Å². The summed E-state index contributed by atoms with van der Waals surface area (Å²) in [6.45, 7) is 3.24. The Morgan fingerprint density at radius 2 is 2.05 bits per heavy atom. The van der Waals surface area contributed by atoms with Crippen LogP contribution in [0, 0.1) is 5.92 Å². The molecule has 1 heterocycles. The van der Waals surface area contributed by atoms with Crippen molar-refractivity contribution in [1.82, 2.24) is 5.32 Å². The molecule has 1 aliphatic carbocycles. The zero-order chi connectivity index (χ0) is 13.7. The van der Waals surface area contributed by atoms with Crippen LogP contribution in [0.5, 0.6) is 0 Å². The quantitative estimate of drug-likeness (QED) is 0.583. The van der Waals surface area contributed by atoms with E-state index in [1.54, 1.807) is 0 Å². The maximum atomic E-state index is 3.65. The topological polar surface area (TPSA) is 12.0 Å². The molecule has 108 valence electrons. The molecule has 1 fully saturated rings. The van der Waals surface area contributed by atoms with Crippen molar-refractivity contribution in [2.24, 2.45) is 5.92 Å². The molecule has 19 heavy (non-hydrogen) atoms. The van der Waals surface area contributed by atoms with E-state index in [2.05, 4.69) is 50.2 Å². The first-order valence-electron chi connectivity index (χ1n) is 7.38. The van der Waals surface area contributed by atoms with E-state index >= 15 is 0 Å². The second-order valence-electron chi connectivity index (χ2n) is 5.46. The SMILES string of the molecule is CCNC(CCC1CCCCC1)c1cc(Br)c(Br)s1. The van der Waals surface area contributed by atoms with E-state index in [1.807, 2.05) is 11.3 Å². The summed E-state index contributed by atoms with van der Waals surface area (Å²) in [5.41, 5.74) is 0. The average molecular weight is 409 g/mol. The van der Waals surface area contributed by atoms with Crippen LogP contribution in [0.25, 0.3) is 0 Å². The molecule has 1 saturated carbocycles. The van der Waals surface area contributed by atoms with Crippen LogP contribution < -0.4 is 5.32 Å². The zero-order valence-corrected chi connectivity index (χ0v) is 15.5. The van der Waals surface area contributed by atoms with Crippen LogP contribution in [-0.2, 0) is 0 Å². The van der Waals surface area contributed by atoms with Crippen LogP contribution >= 0.6 is 43.2 Å². The van der Waals surface area contributed by atoms with E-state index in [9.17, 15) is 0 Å². The van der Waals surface area contributed by atoms with Crippen molar-refractivity contribution in [2.45, 2.75) is 57.9 Å². The fourth-order valence-electron chi connectivity index (χ4n) is 3.00. The molecular formula is C15H23Br2NS. The monoisotopic (exact) mass is 407 g/mol. The molecular weight excluding hydrogens is 386 g/mol. The Bertz CT molecular complexity index is 366. The summed E-state index contributed by atoms with van der Waals surface area (Å²) in [4.78, 5) is 1.46. The molecule has 0 aromatic carbocycles. The molecule has 1 nitrogen and oxygen atoms in total. The van der Waals surface area contributed by atoms with E-state index in [0.29, 0.717) is 6.04 Å². The summed E-state index contributed by atoms with van der Waals surface area (Å²) < 4.78 is 2.40. The van der Waals surface area contributed by atoms with Crippen molar-refractivity contribution in [3.8, 4) is 0 Å². The number of nitrogens with one attached hydrogen (secondary N) is 1. The maximum absolute atomic E-state index is 3.65. The molecule has 1 aromatic heterocycles. The van der Waals surface area contributed by atoms with Crippen LogP contribution in [0.2, 0.25) is 0 Å². The van der Waals surface area contributed by atoms with Crippen molar-refractivity contribution in [3.05, 3.63) is 19.2 Å². The van der Waals surface area contributed by atoms with Gasteiger partial charge in [-0.05, 0) is 63.2 Å². The highest BCUT2D eigenvalue weighted by Crippen LogP contribution is 2.38. The van der Waals surface area contributed by atoms with Gasteiger partial charge in [0.2, 0.25) is 0 Å².